The Bertz CT molecular complexity index is 560. The molecule has 1 heterocycles. The van der Waals surface area contributed by atoms with Crippen molar-refractivity contribution in [2.24, 2.45) is 0 Å². The Morgan fingerprint density at radius 2 is 2.18 bits per heavy atom. The summed E-state index contributed by atoms with van der Waals surface area (Å²) in [6.07, 6.45) is 0. The molecular weight excluding hydrogens is 248 g/mol. The second-order valence-corrected chi connectivity index (χ2v) is 5.45. The Hall–Kier alpha value is -1.90. The summed E-state index contributed by atoms with van der Waals surface area (Å²) in [6, 6.07) is 0. The van der Waals surface area contributed by atoms with E-state index < -0.39 is 26.6 Å². The highest BCUT2D eigenvalue weighted by atomic mass is 32.2. The van der Waals surface area contributed by atoms with Crippen molar-refractivity contribution in [2.75, 3.05) is 11.5 Å². The second-order valence-electron chi connectivity index (χ2n) is 3.55. The smallest absolute Gasteiger partial charge is 0.319 e. The summed E-state index contributed by atoms with van der Waals surface area (Å²) < 4.78 is 24.3. The maximum atomic E-state index is 11.6. The van der Waals surface area contributed by atoms with Gasteiger partial charge in [-0.3, -0.25) is 4.79 Å². The zero-order chi connectivity index (χ0) is 13.2. The van der Waals surface area contributed by atoms with E-state index in [2.05, 4.69) is 16.9 Å². The lowest BCUT2D eigenvalue weighted by atomic mass is 10.3. The molecule has 17 heavy (non-hydrogen) atoms. The van der Waals surface area contributed by atoms with Crippen molar-refractivity contribution in [2.45, 2.75) is 18.5 Å². The lowest BCUT2D eigenvalue weighted by molar-refractivity contribution is -0.134. The van der Waals surface area contributed by atoms with Crippen LogP contribution in [-0.4, -0.2) is 40.2 Å². The number of nitrogens with zero attached hydrogens (tertiary/aromatic N) is 3. The minimum Gasteiger partial charge on any atom is -0.480 e. The lowest BCUT2D eigenvalue weighted by Crippen LogP contribution is -2.17. The normalized spacial score (nSPS) is 11.4. The summed E-state index contributed by atoms with van der Waals surface area (Å²) in [5, 5.41) is 14.9. The molecule has 1 aromatic heterocycles. The Balaban J connectivity index is 3.13. The van der Waals surface area contributed by atoms with Crippen molar-refractivity contribution in [3.05, 3.63) is 12.2 Å². The van der Waals surface area contributed by atoms with Crippen molar-refractivity contribution in [3.8, 4) is 0 Å². The third-order valence-corrected chi connectivity index (χ3v) is 3.28. The summed E-state index contributed by atoms with van der Waals surface area (Å²) in [5.74, 6) is -2.73. The monoisotopic (exact) mass is 260 g/mol. The van der Waals surface area contributed by atoms with E-state index in [1.807, 2.05) is 0 Å². The predicted octanol–water partition coefficient (Wildman–Crippen LogP) is -0.705. The maximum absolute atomic E-state index is 11.6. The average Bonchev–Trinajstić information content (AvgIpc) is 2.45. The molecule has 94 valence electrons. The van der Waals surface area contributed by atoms with Crippen LogP contribution in [0.3, 0.4) is 0 Å². The molecule has 9 heteroatoms. The van der Waals surface area contributed by atoms with Crippen LogP contribution in [0.15, 0.2) is 17.2 Å². The van der Waals surface area contributed by atoms with E-state index in [9.17, 15) is 13.2 Å². The SMILES string of the molecule is C=C(C)Cn1nnc(S(=O)(=O)CC(=O)O)c1N. The first-order valence-electron chi connectivity index (χ1n) is 4.52. The predicted molar refractivity (Wildman–Crippen MR) is 58.9 cm³/mol. The number of hydrogen-bond donors (Lipinski definition) is 2. The van der Waals surface area contributed by atoms with E-state index in [4.69, 9.17) is 10.8 Å². The van der Waals surface area contributed by atoms with Gasteiger partial charge in [-0.25, -0.2) is 13.1 Å². The summed E-state index contributed by atoms with van der Waals surface area (Å²) in [5.41, 5.74) is 6.25. The number of carbonyl (C=O) groups is 1. The summed E-state index contributed by atoms with van der Waals surface area (Å²) in [4.78, 5) is 10.4. The van der Waals surface area contributed by atoms with Gasteiger partial charge >= 0.3 is 5.97 Å². The van der Waals surface area contributed by atoms with E-state index in [0.29, 0.717) is 5.57 Å². The zero-order valence-electron chi connectivity index (χ0n) is 9.12. The van der Waals surface area contributed by atoms with Crippen LogP contribution in [0.2, 0.25) is 0 Å². The molecule has 0 saturated heterocycles. The van der Waals surface area contributed by atoms with Gasteiger partial charge in [0.2, 0.25) is 14.9 Å². The number of aliphatic carboxylic acids is 1. The number of rotatable bonds is 5. The minimum atomic E-state index is -4.05. The van der Waals surface area contributed by atoms with Gasteiger partial charge in [0, 0.05) is 0 Å². The van der Waals surface area contributed by atoms with Gasteiger partial charge in [0.25, 0.3) is 0 Å². The molecule has 8 nitrogen and oxygen atoms in total. The molecule has 1 aromatic rings. The Labute approximate surface area is 97.6 Å². The number of hydrogen-bond acceptors (Lipinski definition) is 6. The molecular formula is C8H12N4O4S. The van der Waals surface area contributed by atoms with E-state index in [0.717, 1.165) is 4.68 Å². The molecule has 3 N–H and O–H groups in total. The number of nitrogens with two attached hydrogens (primary N) is 1. The number of sulfone groups is 1. The molecule has 0 aromatic carbocycles. The second kappa shape index (κ2) is 4.53. The summed E-state index contributed by atoms with van der Waals surface area (Å²) >= 11 is 0. The summed E-state index contributed by atoms with van der Waals surface area (Å²) in [7, 11) is -4.05. The molecule has 0 unspecified atom stereocenters. The number of carboxylic acid groups (broad SMARTS) is 1. The molecule has 0 aliphatic rings. The molecule has 0 bridgehead atoms. The van der Waals surface area contributed by atoms with Gasteiger partial charge in [-0.1, -0.05) is 17.4 Å². The third-order valence-electron chi connectivity index (χ3n) is 1.77. The molecule has 0 spiro atoms. The van der Waals surface area contributed by atoms with Gasteiger partial charge in [-0.05, 0) is 6.92 Å². The first kappa shape index (κ1) is 13.2. The van der Waals surface area contributed by atoms with Crippen LogP contribution in [0.4, 0.5) is 5.82 Å². The zero-order valence-corrected chi connectivity index (χ0v) is 9.94. The molecule has 0 amide bonds. The van der Waals surface area contributed by atoms with Crippen LogP contribution in [0.25, 0.3) is 0 Å². The number of nitrogen functional groups attached to an aromatic ring is 1. The van der Waals surface area contributed by atoms with E-state index in [-0.39, 0.29) is 12.4 Å². The van der Waals surface area contributed by atoms with Crippen LogP contribution in [0.5, 0.6) is 0 Å². The largest absolute Gasteiger partial charge is 0.480 e. The van der Waals surface area contributed by atoms with Gasteiger partial charge < -0.3 is 10.8 Å². The Morgan fingerprint density at radius 3 is 2.65 bits per heavy atom. The number of anilines is 1. The Kier molecular flexibility index (Phi) is 3.51. The first-order chi connectivity index (χ1) is 7.74. The Morgan fingerprint density at radius 1 is 1.59 bits per heavy atom. The fourth-order valence-electron chi connectivity index (χ4n) is 1.13. The van der Waals surface area contributed by atoms with Gasteiger partial charge in [0.15, 0.2) is 11.6 Å². The third kappa shape index (κ3) is 3.03. The van der Waals surface area contributed by atoms with Gasteiger partial charge in [0.1, 0.15) is 0 Å². The first-order valence-corrected chi connectivity index (χ1v) is 6.17. The number of carboxylic acids is 1. The van der Waals surface area contributed by atoms with Crippen LogP contribution in [0.1, 0.15) is 6.92 Å². The molecule has 0 aliphatic heterocycles. The summed E-state index contributed by atoms with van der Waals surface area (Å²) in [6.45, 7) is 5.56. The standard InChI is InChI=1S/C8H12N4O4S/c1-5(2)3-12-7(9)8(10-11-12)17(15,16)4-6(13)14/h1,3-4,9H2,2H3,(H,13,14). The van der Waals surface area contributed by atoms with Crippen LogP contribution >= 0.6 is 0 Å². The minimum absolute atomic E-state index is 0.186. The van der Waals surface area contributed by atoms with Crippen molar-refractivity contribution in [1.82, 2.24) is 15.0 Å². The highest BCUT2D eigenvalue weighted by Crippen LogP contribution is 2.16. The van der Waals surface area contributed by atoms with Crippen molar-refractivity contribution in [1.29, 1.82) is 0 Å². The molecule has 0 atom stereocenters. The van der Waals surface area contributed by atoms with Crippen molar-refractivity contribution < 1.29 is 18.3 Å². The fourth-order valence-corrected chi connectivity index (χ4v) is 2.18. The van der Waals surface area contributed by atoms with E-state index in [1.165, 1.54) is 0 Å². The molecule has 1 rings (SSSR count). The van der Waals surface area contributed by atoms with Gasteiger partial charge in [-0.15, -0.1) is 5.10 Å². The topological polar surface area (TPSA) is 128 Å². The highest BCUT2D eigenvalue weighted by Gasteiger charge is 2.26. The van der Waals surface area contributed by atoms with E-state index in [1.54, 1.807) is 6.92 Å². The molecule has 0 aliphatic carbocycles. The average molecular weight is 260 g/mol. The molecule has 0 saturated carbocycles. The number of aromatic nitrogens is 3. The number of allylic oxidation sites excluding steroid dienone is 1. The van der Waals surface area contributed by atoms with Gasteiger partial charge in [-0.2, -0.15) is 0 Å². The molecule has 0 radical (unpaired) electrons. The van der Waals surface area contributed by atoms with Crippen LogP contribution in [-0.2, 0) is 21.2 Å². The van der Waals surface area contributed by atoms with Crippen molar-refractivity contribution >= 4 is 21.6 Å². The van der Waals surface area contributed by atoms with Crippen molar-refractivity contribution in [3.63, 3.8) is 0 Å². The van der Waals surface area contributed by atoms with Gasteiger partial charge in [0.05, 0.1) is 6.54 Å². The van der Waals surface area contributed by atoms with Crippen LogP contribution in [0, 0.1) is 0 Å². The molecule has 0 fully saturated rings. The quantitative estimate of drug-likeness (QED) is 0.669. The maximum Gasteiger partial charge on any atom is 0.319 e. The lowest BCUT2D eigenvalue weighted by Gasteiger charge is -2.02. The highest BCUT2D eigenvalue weighted by molar-refractivity contribution is 7.92. The fraction of sp³-hybridized carbons (Fsp3) is 0.375. The van der Waals surface area contributed by atoms with E-state index >= 15 is 0 Å². The van der Waals surface area contributed by atoms with Crippen LogP contribution < -0.4 is 5.73 Å².